The van der Waals surface area contributed by atoms with E-state index in [1.54, 1.807) is 12.1 Å². The zero-order chi connectivity index (χ0) is 5.11. The SMILES string of the molecule is CC1CNSNC1. The van der Waals surface area contributed by atoms with Crippen LogP contribution in [0.5, 0.6) is 0 Å². The highest BCUT2D eigenvalue weighted by Crippen LogP contribution is 2.00. The molecule has 2 nitrogen and oxygen atoms in total. The molecule has 42 valence electrons. The monoisotopic (exact) mass is 118 g/mol. The molecule has 0 aromatic heterocycles. The molecule has 0 amide bonds. The predicted octanol–water partition coefficient (Wildman–Crippen LogP) is 0.378. The largest absolute Gasteiger partial charge is 0.250 e. The van der Waals surface area contributed by atoms with Gasteiger partial charge in [-0.2, -0.15) is 0 Å². The van der Waals surface area contributed by atoms with Gasteiger partial charge in [0.05, 0.1) is 0 Å². The van der Waals surface area contributed by atoms with E-state index in [9.17, 15) is 0 Å². The summed E-state index contributed by atoms with van der Waals surface area (Å²) in [6, 6.07) is 0. The standard InChI is InChI=1S/C4H10N2S/c1-4-2-5-7-6-3-4/h4-6H,2-3H2,1H3. The fourth-order valence-electron chi connectivity index (χ4n) is 0.491. The molecule has 0 aromatic carbocycles. The molecule has 1 aliphatic heterocycles. The summed E-state index contributed by atoms with van der Waals surface area (Å²) >= 11 is 1.60. The summed E-state index contributed by atoms with van der Waals surface area (Å²) in [5.74, 6) is 0.793. The number of hydrogen-bond donors (Lipinski definition) is 2. The second-order valence-corrected chi connectivity index (χ2v) is 2.69. The van der Waals surface area contributed by atoms with Crippen LogP contribution in [0.3, 0.4) is 0 Å². The Kier molecular flexibility index (Phi) is 1.97. The first-order valence-electron chi connectivity index (χ1n) is 2.51. The minimum absolute atomic E-state index is 0.793. The van der Waals surface area contributed by atoms with Gasteiger partial charge in [0.2, 0.25) is 0 Å². The Balaban J connectivity index is 2.12. The lowest BCUT2D eigenvalue weighted by Gasteiger charge is -2.17. The molecule has 3 heteroatoms. The van der Waals surface area contributed by atoms with E-state index in [0.29, 0.717) is 0 Å². The maximum atomic E-state index is 3.14. The molecule has 1 fully saturated rings. The summed E-state index contributed by atoms with van der Waals surface area (Å²) in [4.78, 5) is 0. The van der Waals surface area contributed by atoms with Crippen molar-refractivity contribution in [1.82, 2.24) is 9.44 Å². The molecule has 2 N–H and O–H groups in total. The minimum Gasteiger partial charge on any atom is -0.250 e. The topological polar surface area (TPSA) is 24.1 Å². The minimum atomic E-state index is 0.793. The average molecular weight is 118 g/mol. The lowest BCUT2D eigenvalue weighted by atomic mass is 10.2. The summed E-state index contributed by atoms with van der Waals surface area (Å²) in [6.07, 6.45) is 0. The molecule has 0 bridgehead atoms. The zero-order valence-corrected chi connectivity index (χ0v) is 5.22. The quantitative estimate of drug-likeness (QED) is 0.450. The van der Waals surface area contributed by atoms with Crippen LogP contribution >= 0.6 is 12.1 Å². The Hall–Kier alpha value is 0.270. The molecule has 1 heterocycles. The molecule has 0 unspecified atom stereocenters. The Bertz CT molecular complexity index is 51.7. The molecule has 1 saturated heterocycles. The molecule has 0 aromatic rings. The summed E-state index contributed by atoms with van der Waals surface area (Å²) in [7, 11) is 0. The summed E-state index contributed by atoms with van der Waals surface area (Å²) < 4.78 is 6.28. The maximum Gasteiger partial charge on any atom is 0.0109 e. The molecule has 1 aliphatic rings. The molecular weight excluding hydrogens is 108 g/mol. The van der Waals surface area contributed by atoms with Crippen molar-refractivity contribution in [2.45, 2.75) is 6.92 Å². The molecule has 0 saturated carbocycles. The van der Waals surface area contributed by atoms with E-state index in [4.69, 9.17) is 0 Å². The van der Waals surface area contributed by atoms with Crippen LogP contribution < -0.4 is 9.44 Å². The van der Waals surface area contributed by atoms with Crippen LogP contribution in [0.2, 0.25) is 0 Å². The normalized spacial score (nSPS) is 25.3. The summed E-state index contributed by atoms with van der Waals surface area (Å²) in [6.45, 7) is 4.50. The maximum absolute atomic E-state index is 3.14. The van der Waals surface area contributed by atoms with Crippen molar-refractivity contribution in [3.8, 4) is 0 Å². The molecule has 0 atom stereocenters. The van der Waals surface area contributed by atoms with Gasteiger partial charge in [-0.25, -0.2) is 0 Å². The van der Waals surface area contributed by atoms with Gasteiger partial charge in [0.25, 0.3) is 0 Å². The van der Waals surface area contributed by atoms with Crippen molar-refractivity contribution in [2.24, 2.45) is 5.92 Å². The van der Waals surface area contributed by atoms with Gasteiger partial charge in [0, 0.05) is 25.2 Å². The third-order valence-corrected chi connectivity index (χ3v) is 1.63. The van der Waals surface area contributed by atoms with E-state index < -0.39 is 0 Å². The van der Waals surface area contributed by atoms with Crippen LogP contribution in [0.4, 0.5) is 0 Å². The van der Waals surface area contributed by atoms with Gasteiger partial charge in [-0.3, -0.25) is 9.44 Å². The fourth-order valence-corrected chi connectivity index (χ4v) is 1.33. The van der Waals surface area contributed by atoms with Crippen molar-refractivity contribution in [2.75, 3.05) is 13.1 Å². The van der Waals surface area contributed by atoms with Gasteiger partial charge in [0.15, 0.2) is 0 Å². The molecule has 0 radical (unpaired) electrons. The molecule has 7 heavy (non-hydrogen) atoms. The molecule has 1 rings (SSSR count). The van der Waals surface area contributed by atoms with E-state index in [2.05, 4.69) is 16.4 Å². The first-order chi connectivity index (χ1) is 3.39. The van der Waals surface area contributed by atoms with Crippen LogP contribution in [-0.4, -0.2) is 13.1 Å². The van der Waals surface area contributed by atoms with E-state index in [0.717, 1.165) is 19.0 Å². The zero-order valence-electron chi connectivity index (χ0n) is 4.40. The van der Waals surface area contributed by atoms with Crippen LogP contribution in [0.15, 0.2) is 0 Å². The van der Waals surface area contributed by atoms with Gasteiger partial charge < -0.3 is 0 Å². The Morgan fingerprint density at radius 1 is 1.43 bits per heavy atom. The van der Waals surface area contributed by atoms with Crippen molar-refractivity contribution in [1.29, 1.82) is 0 Å². The summed E-state index contributed by atoms with van der Waals surface area (Å²) in [5, 5.41) is 0. The van der Waals surface area contributed by atoms with Crippen molar-refractivity contribution < 1.29 is 0 Å². The Morgan fingerprint density at radius 2 is 2.00 bits per heavy atom. The van der Waals surface area contributed by atoms with Crippen LogP contribution in [0.1, 0.15) is 6.92 Å². The van der Waals surface area contributed by atoms with Crippen LogP contribution in [-0.2, 0) is 0 Å². The van der Waals surface area contributed by atoms with Crippen molar-refractivity contribution >= 4 is 12.1 Å². The number of nitrogens with one attached hydrogen (secondary N) is 2. The lowest BCUT2D eigenvalue weighted by molar-refractivity contribution is 0.550. The predicted molar refractivity (Wildman–Crippen MR) is 32.8 cm³/mol. The van der Waals surface area contributed by atoms with E-state index >= 15 is 0 Å². The highest BCUT2D eigenvalue weighted by Gasteiger charge is 2.04. The molecular formula is C4H10N2S. The van der Waals surface area contributed by atoms with E-state index in [1.165, 1.54) is 0 Å². The van der Waals surface area contributed by atoms with Crippen LogP contribution in [0.25, 0.3) is 0 Å². The van der Waals surface area contributed by atoms with Gasteiger partial charge in [-0.05, 0) is 5.92 Å². The fraction of sp³-hybridized carbons (Fsp3) is 1.00. The van der Waals surface area contributed by atoms with E-state index in [1.807, 2.05) is 0 Å². The average Bonchev–Trinajstić information content (AvgIpc) is 1.69. The number of rotatable bonds is 0. The Morgan fingerprint density at radius 3 is 2.29 bits per heavy atom. The second kappa shape index (κ2) is 2.55. The highest BCUT2D eigenvalue weighted by atomic mass is 32.2. The molecule has 0 spiro atoms. The summed E-state index contributed by atoms with van der Waals surface area (Å²) in [5.41, 5.74) is 0. The van der Waals surface area contributed by atoms with Crippen LogP contribution in [0, 0.1) is 5.92 Å². The third-order valence-electron chi connectivity index (χ3n) is 1.01. The smallest absolute Gasteiger partial charge is 0.0109 e. The van der Waals surface area contributed by atoms with Gasteiger partial charge >= 0.3 is 0 Å². The van der Waals surface area contributed by atoms with Gasteiger partial charge in [-0.15, -0.1) is 0 Å². The van der Waals surface area contributed by atoms with E-state index in [-0.39, 0.29) is 0 Å². The Labute approximate surface area is 48.3 Å². The van der Waals surface area contributed by atoms with Gasteiger partial charge in [-0.1, -0.05) is 6.92 Å². The third kappa shape index (κ3) is 1.67. The lowest BCUT2D eigenvalue weighted by Crippen LogP contribution is -2.32. The first-order valence-corrected chi connectivity index (χ1v) is 3.33. The van der Waals surface area contributed by atoms with Crippen molar-refractivity contribution in [3.05, 3.63) is 0 Å². The highest BCUT2D eigenvalue weighted by molar-refractivity contribution is 7.95. The second-order valence-electron chi connectivity index (χ2n) is 1.90. The molecule has 0 aliphatic carbocycles. The van der Waals surface area contributed by atoms with Crippen molar-refractivity contribution in [3.63, 3.8) is 0 Å². The number of hydrogen-bond acceptors (Lipinski definition) is 3. The first kappa shape index (κ1) is 5.41. The van der Waals surface area contributed by atoms with Gasteiger partial charge in [0.1, 0.15) is 0 Å².